The van der Waals surface area contributed by atoms with Crippen molar-refractivity contribution in [3.63, 3.8) is 0 Å². The van der Waals surface area contributed by atoms with Crippen LogP contribution in [0.2, 0.25) is 0 Å². The van der Waals surface area contributed by atoms with Gasteiger partial charge in [0, 0.05) is 4.43 Å². The van der Waals surface area contributed by atoms with Crippen molar-refractivity contribution in [1.29, 1.82) is 0 Å². The van der Waals surface area contributed by atoms with Gasteiger partial charge >= 0.3 is 0 Å². The smallest absolute Gasteiger partial charge is 0.261 e. The van der Waals surface area contributed by atoms with E-state index in [0.717, 1.165) is 4.43 Å². The van der Waals surface area contributed by atoms with Crippen molar-refractivity contribution in [1.82, 2.24) is 4.90 Å². The summed E-state index contributed by atoms with van der Waals surface area (Å²) in [6, 6.07) is 6.89. The van der Waals surface area contributed by atoms with Gasteiger partial charge in [-0.25, -0.2) is 0 Å². The van der Waals surface area contributed by atoms with E-state index < -0.39 is 0 Å². The number of alkyl halides is 1. The van der Waals surface area contributed by atoms with Gasteiger partial charge in [0.25, 0.3) is 11.8 Å². The van der Waals surface area contributed by atoms with E-state index in [2.05, 4.69) is 22.6 Å². The van der Waals surface area contributed by atoms with E-state index in [9.17, 15) is 9.59 Å². The second-order valence-electron chi connectivity index (χ2n) is 3.61. The summed E-state index contributed by atoms with van der Waals surface area (Å²) >= 11 is 2.21. The maximum Gasteiger partial charge on any atom is 0.261 e. The molecule has 0 radical (unpaired) electrons. The van der Waals surface area contributed by atoms with E-state index in [1.807, 2.05) is 0 Å². The number of ether oxygens (including phenoxy) is 1. The average Bonchev–Trinajstić information content (AvgIpc) is 2.60. The van der Waals surface area contributed by atoms with Gasteiger partial charge in [0.1, 0.15) is 0 Å². The molecule has 5 heteroatoms. The van der Waals surface area contributed by atoms with Crippen LogP contribution in [0.3, 0.4) is 0 Å². The molecule has 1 aliphatic heterocycles. The first-order chi connectivity index (χ1) is 8.25. The van der Waals surface area contributed by atoms with E-state index in [1.54, 1.807) is 24.3 Å². The number of nitrogens with zero attached hydrogens (tertiary/aromatic N) is 1. The van der Waals surface area contributed by atoms with Crippen molar-refractivity contribution in [3.8, 4) is 0 Å². The SMILES string of the molecule is O=C1c2ccccc2C(=O)N1CCOCCI. The molecule has 0 aliphatic carbocycles. The lowest BCUT2D eigenvalue weighted by atomic mass is 10.1. The Kier molecular flexibility index (Phi) is 4.11. The molecule has 0 saturated carbocycles. The van der Waals surface area contributed by atoms with Crippen LogP contribution < -0.4 is 0 Å². The van der Waals surface area contributed by atoms with Crippen molar-refractivity contribution in [3.05, 3.63) is 35.4 Å². The summed E-state index contributed by atoms with van der Waals surface area (Å²) in [6.07, 6.45) is 0. The molecule has 0 atom stereocenters. The van der Waals surface area contributed by atoms with Crippen LogP contribution in [0.15, 0.2) is 24.3 Å². The Morgan fingerprint density at radius 2 is 1.65 bits per heavy atom. The minimum Gasteiger partial charge on any atom is -0.379 e. The van der Waals surface area contributed by atoms with Crippen molar-refractivity contribution in [2.45, 2.75) is 0 Å². The molecular formula is C12H12INO3. The Morgan fingerprint density at radius 1 is 1.06 bits per heavy atom. The zero-order chi connectivity index (χ0) is 12.3. The summed E-state index contributed by atoms with van der Waals surface area (Å²) in [5.74, 6) is -0.438. The summed E-state index contributed by atoms with van der Waals surface area (Å²) in [7, 11) is 0. The van der Waals surface area contributed by atoms with Gasteiger partial charge in [-0.1, -0.05) is 34.7 Å². The number of hydrogen-bond acceptors (Lipinski definition) is 3. The maximum atomic E-state index is 11.9. The average molecular weight is 345 g/mol. The normalized spacial score (nSPS) is 14.3. The highest BCUT2D eigenvalue weighted by Crippen LogP contribution is 2.21. The molecule has 0 unspecified atom stereocenters. The third-order valence-corrected chi connectivity index (χ3v) is 3.00. The Bertz CT molecular complexity index is 412. The molecule has 0 N–H and O–H groups in total. The summed E-state index contributed by atoms with van der Waals surface area (Å²) in [5.41, 5.74) is 0.984. The fourth-order valence-electron chi connectivity index (χ4n) is 1.75. The number of benzene rings is 1. The Hall–Kier alpha value is -0.950. The first kappa shape index (κ1) is 12.5. The topological polar surface area (TPSA) is 46.6 Å². The van der Waals surface area contributed by atoms with Gasteiger partial charge in [-0.05, 0) is 12.1 Å². The molecule has 0 bridgehead atoms. The number of hydrogen-bond donors (Lipinski definition) is 0. The summed E-state index contributed by atoms with van der Waals surface area (Å²) in [5, 5.41) is 0. The lowest BCUT2D eigenvalue weighted by Gasteiger charge is -2.13. The first-order valence-electron chi connectivity index (χ1n) is 5.34. The molecule has 0 saturated heterocycles. The zero-order valence-electron chi connectivity index (χ0n) is 9.19. The van der Waals surface area contributed by atoms with E-state index in [4.69, 9.17) is 4.74 Å². The van der Waals surface area contributed by atoms with Crippen LogP contribution in [-0.2, 0) is 4.74 Å². The minimum absolute atomic E-state index is 0.219. The second-order valence-corrected chi connectivity index (χ2v) is 4.69. The predicted octanol–water partition coefficient (Wildman–Crippen LogP) is 1.73. The van der Waals surface area contributed by atoms with Gasteiger partial charge in [0.15, 0.2) is 0 Å². The number of rotatable bonds is 5. The molecule has 1 aliphatic rings. The Labute approximate surface area is 113 Å². The molecule has 0 aromatic heterocycles. The third-order valence-electron chi connectivity index (χ3n) is 2.56. The van der Waals surface area contributed by atoms with Gasteiger partial charge < -0.3 is 4.74 Å². The van der Waals surface area contributed by atoms with Crippen LogP contribution in [0.4, 0.5) is 0 Å². The van der Waals surface area contributed by atoms with Crippen LogP contribution in [-0.4, -0.2) is 40.9 Å². The maximum absolute atomic E-state index is 11.9. The number of amides is 2. The number of carbonyl (C=O) groups is 2. The molecule has 17 heavy (non-hydrogen) atoms. The van der Waals surface area contributed by atoms with Crippen molar-refractivity contribution in [2.24, 2.45) is 0 Å². The van der Waals surface area contributed by atoms with Gasteiger partial charge in [0.05, 0.1) is 30.9 Å². The second kappa shape index (κ2) is 5.59. The fourth-order valence-corrected chi connectivity index (χ4v) is 2.07. The highest BCUT2D eigenvalue weighted by Gasteiger charge is 2.34. The van der Waals surface area contributed by atoms with E-state index in [1.165, 1.54) is 4.90 Å². The minimum atomic E-state index is -0.219. The molecule has 2 amide bonds. The molecule has 4 nitrogen and oxygen atoms in total. The number of fused-ring (bicyclic) bond motifs is 1. The Morgan fingerprint density at radius 3 is 2.18 bits per heavy atom. The van der Waals surface area contributed by atoms with Crippen molar-refractivity contribution < 1.29 is 14.3 Å². The zero-order valence-corrected chi connectivity index (χ0v) is 11.3. The van der Waals surface area contributed by atoms with Crippen molar-refractivity contribution >= 4 is 34.4 Å². The van der Waals surface area contributed by atoms with E-state index in [0.29, 0.717) is 30.9 Å². The largest absolute Gasteiger partial charge is 0.379 e. The van der Waals surface area contributed by atoms with Crippen LogP contribution >= 0.6 is 22.6 Å². The van der Waals surface area contributed by atoms with E-state index in [-0.39, 0.29) is 11.8 Å². The Balaban J connectivity index is 2.03. The lowest BCUT2D eigenvalue weighted by molar-refractivity contribution is 0.0577. The number of halogens is 1. The lowest BCUT2D eigenvalue weighted by Crippen LogP contribution is -2.33. The molecule has 1 heterocycles. The van der Waals surface area contributed by atoms with Crippen molar-refractivity contribution in [2.75, 3.05) is 24.2 Å². The van der Waals surface area contributed by atoms with Crippen LogP contribution in [0.1, 0.15) is 20.7 Å². The highest BCUT2D eigenvalue weighted by molar-refractivity contribution is 14.1. The standard InChI is InChI=1S/C12H12INO3/c13-5-7-17-8-6-14-11(15)9-3-1-2-4-10(9)12(14)16/h1-4H,5-8H2. The highest BCUT2D eigenvalue weighted by atomic mass is 127. The summed E-state index contributed by atoms with van der Waals surface area (Å²) < 4.78 is 6.19. The number of imide groups is 1. The quantitative estimate of drug-likeness (QED) is 0.354. The molecule has 0 spiro atoms. The van der Waals surface area contributed by atoms with Gasteiger partial charge in [-0.3, -0.25) is 14.5 Å². The van der Waals surface area contributed by atoms with Gasteiger partial charge in [0.2, 0.25) is 0 Å². The van der Waals surface area contributed by atoms with Crippen LogP contribution in [0, 0.1) is 0 Å². The number of carbonyl (C=O) groups excluding carboxylic acids is 2. The molecular weight excluding hydrogens is 333 g/mol. The predicted molar refractivity (Wildman–Crippen MR) is 71.5 cm³/mol. The molecule has 2 rings (SSSR count). The summed E-state index contributed by atoms with van der Waals surface area (Å²) in [6.45, 7) is 1.36. The van der Waals surface area contributed by atoms with Crippen LogP contribution in [0.25, 0.3) is 0 Å². The molecule has 90 valence electrons. The molecule has 1 aromatic rings. The summed E-state index contributed by atoms with van der Waals surface area (Å²) in [4.78, 5) is 25.1. The monoisotopic (exact) mass is 345 g/mol. The molecule has 1 aromatic carbocycles. The van der Waals surface area contributed by atoms with Gasteiger partial charge in [-0.2, -0.15) is 0 Å². The van der Waals surface area contributed by atoms with Gasteiger partial charge in [-0.15, -0.1) is 0 Å². The fraction of sp³-hybridized carbons (Fsp3) is 0.333. The van der Waals surface area contributed by atoms with E-state index >= 15 is 0 Å². The molecule has 0 fully saturated rings. The first-order valence-corrected chi connectivity index (χ1v) is 6.87. The van der Waals surface area contributed by atoms with Crippen LogP contribution in [0.5, 0.6) is 0 Å². The third kappa shape index (κ3) is 2.50.